The Hall–Kier alpha value is -2.68. The summed E-state index contributed by atoms with van der Waals surface area (Å²) < 4.78 is 24.2. The SMILES string of the molecule is Cc1cc(Cl)cc(-c2ccnc3cc(CN4C(=O)CCC4=O)sc23)c1OC1CCN(CCCNCOCCCOCCOCCN)CC1. The summed E-state index contributed by atoms with van der Waals surface area (Å²) in [6.07, 6.45) is 6.29. The lowest BCUT2D eigenvalue weighted by molar-refractivity contribution is -0.138. The van der Waals surface area contributed by atoms with Crippen LogP contribution in [0.3, 0.4) is 0 Å². The van der Waals surface area contributed by atoms with Crippen molar-refractivity contribution in [1.29, 1.82) is 0 Å². The van der Waals surface area contributed by atoms with E-state index in [2.05, 4.69) is 15.2 Å². The highest BCUT2D eigenvalue weighted by Gasteiger charge is 2.30. The topological polar surface area (TPSA) is 128 Å². The lowest BCUT2D eigenvalue weighted by Gasteiger charge is -2.33. The molecule has 2 aliphatic rings. The van der Waals surface area contributed by atoms with Crippen molar-refractivity contribution in [3.05, 3.63) is 45.9 Å². The maximum Gasteiger partial charge on any atom is 0.230 e. The van der Waals surface area contributed by atoms with Crippen LogP contribution in [0.5, 0.6) is 5.75 Å². The molecule has 2 saturated heterocycles. The quantitative estimate of drug-likeness (QED) is 0.0968. The summed E-state index contributed by atoms with van der Waals surface area (Å²) in [6, 6.07) is 7.88. The second-order valence-corrected chi connectivity index (χ2v) is 13.8. The largest absolute Gasteiger partial charge is 0.489 e. The molecule has 2 fully saturated rings. The summed E-state index contributed by atoms with van der Waals surface area (Å²) in [6.45, 7) is 10.4. The van der Waals surface area contributed by atoms with E-state index in [-0.39, 0.29) is 37.3 Å². The van der Waals surface area contributed by atoms with Crippen molar-refractivity contribution in [2.24, 2.45) is 5.73 Å². The van der Waals surface area contributed by atoms with Crippen LogP contribution in [0.15, 0.2) is 30.5 Å². The molecular formula is C35H48ClN5O6S. The number of hydrogen-bond acceptors (Lipinski definition) is 11. The number of aromatic nitrogens is 1. The van der Waals surface area contributed by atoms with E-state index in [0.717, 1.165) is 89.4 Å². The molecule has 0 radical (unpaired) electrons. The number of piperidine rings is 1. The molecule has 0 atom stereocenters. The minimum absolute atomic E-state index is 0.109. The van der Waals surface area contributed by atoms with Gasteiger partial charge in [0.1, 0.15) is 11.9 Å². The van der Waals surface area contributed by atoms with E-state index in [1.54, 1.807) is 17.5 Å². The predicted octanol–water partition coefficient (Wildman–Crippen LogP) is 4.75. The maximum atomic E-state index is 12.2. The van der Waals surface area contributed by atoms with Crippen molar-refractivity contribution >= 4 is 45.0 Å². The zero-order chi connectivity index (χ0) is 33.7. The van der Waals surface area contributed by atoms with E-state index in [1.807, 2.05) is 31.2 Å². The number of nitrogens with two attached hydrogens (primary N) is 1. The van der Waals surface area contributed by atoms with Crippen LogP contribution < -0.4 is 15.8 Å². The molecular weight excluding hydrogens is 654 g/mol. The number of halogens is 1. The van der Waals surface area contributed by atoms with Crippen molar-refractivity contribution in [1.82, 2.24) is 20.1 Å². The van der Waals surface area contributed by atoms with Gasteiger partial charge in [0.2, 0.25) is 11.8 Å². The second-order valence-electron chi connectivity index (χ2n) is 12.2. The van der Waals surface area contributed by atoms with Gasteiger partial charge in [-0.2, -0.15) is 0 Å². The number of pyridine rings is 1. The van der Waals surface area contributed by atoms with Gasteiger partial charge >= 0.3 is 0 Å². The highest BCUT2D eigenvalue weighted by molar-refractivity contribution is 7.19. The van der Waals surface area contributed by atoms with Crippen LogP contribution in [0.2, 0.25) is 5.02 Å². The smallest absolute Gasteiger partial charge is 0.230 e. The molecule has 11 nitrogen and oxygen atoms in total. The minimum atomic E-state index is -0.116. The highest BCUT2D eigenvalue weighted by Crippen LogP contribution is 2.42. The Bertz CT molecular complexity index is 1480. The van der Waals surface area contributed by atoms with E-state index in [0.29, 0.717) is 51.3 Å². The van der Waals surface area contributed by atoms with Gasteiger partial charge in [0.25, 0.3) is 0 Å². The van der Waals surface area contributed by atoms with E-state index < -0.39 is 0 Å². The minimum Gasteiger partial charge on any atom is -0.489 e. The Morgan fingerprint density at radius 1 is 0.979 bits per heavy atom. The molecule has 5 rings (SSSR count). The number of carbonyl (C=O) groups excluding carboxylic acids is 2. The number of fused-ring (bicyclic) bond motifs is 1. The summed E-state index contributed by atoms with van der Waals surface area (Å²) in [5.41, 5.74) is 9.12. The summed E-state index contributed by atoms with van der Waals surface area (Å²) in [5, 5.41) is 4.01. The van der Waals surface area contributed by atoms with E-state index in [9.17, 15) is 9.59 Å². The lowest BCUT2D eigenvalue weighted by Crippen LogP contribution is -2.39. The number of benzene rings is 1. The first-order valence-corrected chi connectivity index (χ1v) is 18.2. The fourth-order valence-corrected chi connectivity index (χ4v) is 7.45. The van der Waals surface area contributed by atoms with Gasteiger partial charge in [-0.15, -0.1) is 11.3 Å². The molecule has 0 aliphatic carbocycles. The normalized spacial score (nSPS) is 16.1. The van der Waals surface area contributed by atoms with Gasteiger partial charge in [-0.1, -0.05) is 11.6 Å². The number of ether oxygens (including phenoxy) is 4. The molecule has 262 valence electrons. The number of thiophene rings is 1. The van der Waals surface area contributed by atoms with Gasteiger partial charge in [0, 0.05) is 66.3 Å². The molecule has 48 heavy (non-hydrogen) atoms. The predicted molar refractivity (Wildman–Crippen MR) is 188 cm³/mol. The molecule has 0 saturated carbocycles. The molecule has 0 bridgehead atoms. The Balaban J connectivity index is 1.07. The van der Waals surface area contributed by atoms with Gasteiger partial charge in [-0.3, -0.25) is 24.8 Å². The first-order valence-electron chi connectivity index (χ1n) is 17.0. The maximum absolute atomic E-state index is 12.2. The summed E-state index contributed by atoms with van der Waals surface area (Å²) in [5.74, 6) is 0.613. The Morgan fingerprint density at radius 2 is 1.73 bits per heavy atom. The molecule has 0 unspecified atom stereocenters. The molecule has 0 spiro atoms. The fourth-order valence-electron chi connectivity index (χ4n) is 6.05. The van der Waals surface area contributed by atoms with Crippen LogP contribution in [-0.4, -0.2) is 105 Å². The number of likely N-dealkylation sites (tertiary alicyclic amines) is 2. The monoisotopic (exact) mass is 701 g/mol. The third-order valence-corrected chi connectivity index (χ3v) is 9.88. The van der Waals surface area contributed by atoms with E-state index >= 15 is 0 Å². The highest BCUT2D eigenvalue weighted by atomic mass is 35.5. The first-order chi connectivity index (χ1) is 23.4. The number of hydrogen-bond donors (Lipinski definition) is 2. The van der Waals surface area contributed by atoms with Gasteiger partial charge in [-0.05, 0) is 75.5 Å². The van der Waals surface area contributed by atoms with Crippen LogP contribution in [0.4, 0.5) is 0 Å². The summed E-state index contributed by atoms with van der Waals surface area (Å²) in [7, 11) is 0. The van der Waals surface area contributed by atoms with E-state index in [4.69, 9.17) is 36.3 Å². The third-order valence-electron chi connectivity index (χ3n) is 8.52. The van der Waals surface area contributed by atoms with Crippen molar-refractivity contribution in [2.75, 3.05) is 72.5 Å². The number of nitrogens with one attached hydrogen (secondary N) is 1. The first kappa shape index (κ1) is 36.6. The number of aryl methyl sites for hydroxylation is 1. The second kappa shape index (κ2) is 18.9. The summed E-state index contributed by atoms with van der Waals surface area (Å²) in [4.78, 5) is 33.8. The van der Waals surface area contributed by atoms with Gasteiger partial charge in [0.15, 0.2) is 0 Å². The average molecular weight is 702 g/mol. The molecule has 2 aliphatic heterocycles. The molecule has 3 aromatic rings. The standard InChI is InChI=1S/C35H48ClN5O6S/c1-25-20-26(36)21-30(29-6-11-39-31-22-28(48-35(29)31)23-41-32(42)4-5-33(41)43)34(25)47-27-7-13-40(14-8-27)12-2-10-38-24-46-16-3-15-44-18-19-45-17-9-37/h6,11,20-22,27,38H,2-5,7-10,12-19,23-24,37H2,1H3. The number of nitrogens with zero attached hydrogens (tertiary/aromatic N) is 3. The van der Waals surface area contributed by atoms with Crippen LogP contribution in [-0.2, 0) is 30.3 Å². The molecule has 13 heteroatoms. The number of carbonyl (C=O) groups is 2. The number of amides is 2. The van der Waals surface area contributed by atoms with Crippen LogP contribution >= 0.6 is 22.9 Å². The zero-order valence-corrected chi connectivity index (χ0v) is 29.4. The zero-order valence-electron chi connectivity index (χ0n) is 27.8. The Kier molecular flexibility index (Phi) is 14.4. The Labute approximate surface area is 292 Å². The average Bonchev–Trinajstić information content (AvgIpc) is 3.64. The van der Waals surface area contributed by atoms with Crippen molar-refractivity contribution in [2.45, 2.75) is 58.1 Å². The van der Waals surface area contributed by atoms with Crippen molar-refractivity contribution < 1.29 is 28.5 Å². The molecule has 4 heterocycles. The number of rotatable bonds is 20. The van der Waals surface area contributed by atoms with Gasteiger partial charge < -0.3 is 29.6 Å². The van der Waals surface area contributed by atoms with Crippen LogP contribution in [0.25, 0.3) is 21.3 Å². The van der Waals surface area contributed by atoms with Gasteiger partial charge in [-0.25, -0.2) is 0 Å². The van der Waals surface area contributed by atoms with Gasteiger partial charge in [0.05, 0.1) is 49.9 Å². The molecule has 2 amide bonds. The van der Waals surface area contributed by atoms with Crippen molar-refractivity contribution in [3.63, 3.8) is 0 Å². The van der Waals surface area contributed by atoms with Crippen LogP contribution in [0, 0.1) is 6.92 Å². The Morgan fingerprint density at radius 3 is 2.50 bits per heavy atom. The van der Waals surface area contributed by atoms with Crippen LogP contribution in [0.1, 0.15) is 49.0 Å². The molecule has 2 aromatic heterocycles. The fraction of sp³-hybridized carbons (Fsp3) is 0.571. The van der Waals surface area contributed by atoms with E-state index in [1.165, 1.54) is 4.90 Å². The molecule has 3 N–H and O–H groups in total. The van der Waals surface area contributed by atoms with Crippen molar-refractivity contribution in [3.8, 4) is 16.9 Å². The molecule has 1 aromatic carbocycles. The third kappa shape index (κ3) is 10.4. The lowest BCUT2D eigenvalue weighted by atomic mass is 10.0. The number of imide groups is 1. The summed E-state index contributed by atoms with van der Waals surface area (Å²) >= 11 is 8.14.